The first kappa shape index (κ1) is 30.2. The molecule has 6 heteroatoms. The van der Waals surface area contributed by atoms with Gasteiger partial charge in [0.05, 0.1) is 16.8 Å². The smallest absolute Gasteiger partial charge is 0.303 e. The van der Waals surface area contributed by atoms with Crippen LogP contribution in [0.15, 0.2) is 22.6 Å². The summed E-state index contributed by atoms with van der Waals surface area (Å²) < 4.78 is 0. The largest absolute Gasteiger partial charge is 0.481 e. The van der Waals surface area contributed by atoms with Crippen LogP contribution in [-0.2, 0) is 9.59 Å². The fraction of sp³-hybridized carbons (Fsp3) is 0.679. The number of aliphatic carboxylic acids is 1. The molecule has 0 unspecified atom stereocenters. The summed E-state index contributed by atoms with van der Waals surface area (Å²) in [5, 5.41) is 22.4. The molecule has 192 valence electrons. The van der Waals surface area contributed by atoms with Crippen molar-refractivity contribution in [2.24, 2.45) is 23.2 Å². The quantitative estimate of drug-likeness (QED) is 0.256. The van der Waals surface area contributed by atoms with Crippen molar-refractivity contribution in [2.75, 3.05) is 0 Å². The second kappa shape index (κ2) is 13.9. The molecule has 4 atom stereocenters. The summed E-state index contributed by atoms with van der Waals surface area (Å²) >= 11 is 1.61. The lowest BCUT2D eigenvalue weighted by Crippen LogP contribution is -2.35. The van der Waals surface area contributed by atoms with E-state index in [0.717, 1.165) is 35.5 Å². The Labute approximate surface area is 210 Å². The molecule has 0 radical (unpaired) electrons. The number of aromatic nitrogens is 1. The third-order valence-corrected chi connectivity index (χ3v) is 7.98. The Morgan fingerprint density at radius 2 is 1.82 bits per heavy atom. The van der Waals surface area contributed by atoms with Gasteiger partial charge in [0.15, 0.2) is 0 Å². The monoisotopic (exact) mass is 491 g/mol. The number of aryl methyl sites for hydroxylation is 1. The van der Waals surface area contributed by atoms with Crippen LogP contribution in [0, 0.1) is 30.1 Å². The Hall–Kier alpha value is -1.79. The summed E-state index contributed by atoms with van der Waals surface area (Å²) in [4.78, 5) is 28.3. The van der Waals surface area contributed by atoms with E-state index >= 15 is 0 Å². The van der Waals surface area contributed by atoms with Crippen molar-refractivity contribution in [2.45, 2.75) is 100 Å². The molecule has 0 aliphatic heterocycles. The van der Waals surface area contributed by atoms with E-state index in [4.69, 9.17) is 5.11 Å². The van der Waals surface area contributed by atoms with Crippen LogP contribution in [0.5, 0.6) is 0 Å². The number of allylic oxidation sites excluding steroid dienone is 1. The molecule has 0 aliphatic carbocycles. The predicted molar refractivity (Wildman–Crippen MR) is 142 cm³/mol. The van der Waals surface area contributed by atoms with Crippen LogP contribution >= 0.6 is 11.3 Å². The lowest BCUT2D eigenvalue weighted by Gasteiger charge is -2.32. The molecule has 1 aromatic rings. The Balaban J connectivity index is 2.49. The molecule has 5 nitrogen and oxygen atoms in total. The topological polar surface area (TPSA) is 87.5 Å². The summed E-state index contributed by atoms with van der Waals surface area (Å²) in [6, 6.07) is 0. The minimum absolute atomic E-state index is 0.0234. The summed E-state index contributed by atoms with van der Waals surface area (Å²) in [5.74, 6) is -0.146. The molecular weight excluding hydrogens is 446 g/mol. The van der Waals surface area contributed by atoms with Crippen LogP contribution in [0.3, 0.4) is 0 Å². The number of thiazole rings is 1. The average Bonchev–Trinajstić information content (AvgIpc) is 3.18. The van der Waals surface area contributed by atoms with Crippen LogP contribution < -0.4 is 0 Å². The fourth-order valence-electron chi connectivity index (χ4n) is 4.23. The highest BCUT2D eigenvalue weighted by atomic mass is 32.1. The molecule has 0 aliphatic rings. The van der Waals surface area contributed by atoms with Gasteiger partial charge in [0.1, 0.15) is 5.78 Å². The predicted octanol–water partition coefficient (Wildman–Crippen LogP) is 7.09. The summed E-state index contributed by atoms with van der Waals surface area (Å²) in [6.07, 6.45) is 7.61. The number of nitrogens with zero attached hydrogens (tertiary/aromatic N) is 1. The summed E-state index contributed by atoms with van der Waals surface area (Å²) in [5.41, 5.74) is 2.48. The molecule has 0 spiro atoms. The number of carboxylic acids is 1. The standard InChI is InChI=1S/C28H45NO4S/c1-18(12-13-25(30)20(3)16-24-17-34-23(6)29-24)10-9-11-19(2)21(4)22(5)27(33)28(7,8)15-14-26(31)32/h12,16-17,19,21-22,25,30H,9-11,13-15H2,1-8H3,(H,31,32)/b18-12-,20-16+/t19-,21-,22+,25-/m0/s1. The fourth-order valence-corrected chi connectivity index (χ4v) is 4.80. The second-order valence-electron chi connectivity index (χ2n) is 10.6. The minimum Gasteiger partial charge on any atom is -0.481 e. The number of Topliss-reactive ketones (excluding diaryl/α,β-unsaturated/α-hetero) is 1. The van der Waals surface area contributed by atoms with Crippen LogP contribution in [0.4, 0.5) is 0 Å². The zero-order valence-electron chi connectivity index (χ0n) is 22.4. The molecule has 0 saturated carbocycles. The molecule has 1 heterocycles. The molecule has 1 rings (SSSR count). The molecule has 0 amide bonds. The first-order valence-electron chi connectivity index (χ1n) is 12.4. The third-order valence-electron chi connectivity index (χ3n) is 7.19. The van der Waals surface area contributed by atoms with Gasteiger partial charge in [0.25, 0.3) is 0 Å². The maximum atomic E-state index is 13.0. The van der Waals surface area contributed by atoms with Gasteiger partial charge in [-0.2, -0.15) is 0 Å². The van der Waals surface area contributed by atoms with Crippen molar-refractivity contribution in [3.05, 3.63) is 33.3 Å². The van der Waals surface area contributed by atoms with Crippen molar-refractivity contribution >= 4 is 29.2 Å². The van der Waals surface area contributed by atoms with E-state index < -0.39 is 17.5 Å². The molecule has 2 N–H and O–H groups in total. The van der Waals surface area contributed by atoms with Crippen molar-refractivity contribution in [3.8, 4) is 0 Å². The van der Waals surface area contributed by atoms with Gasteiger partial charge in [-0.05, 0) is 69.9 Å². The molecule has 0 fully saturated rings. The van der Waals surface area contributed by atoms with E-state index in [1.54, 1.807) is 11.3 Å². The van der Waals surface area contributed by atoms with Crippen LogP contribution in [0.2, 0.25) is 0 Å². The van der Waals surface area contributed by atoms with Crippen molar-refractivity contribution in [1.82, 2.24) is 4.98 Å². The number of carbonyl (C=O) groups excluding carboxylic acids is 1. The van der Waals surface area contributed by atoms with Crippen molar-refractivity contribution in [1.29, 1.82) is 0 Å². The Kier molecular flexibility index (Phi) is 12.4. The molecule has 0 aromatic carbocycles. The second-order valence-corrected chi connectivity index (χ2v) is 11.7. The molecule has 1 aromatic heterocycles. The highest BCUT2D eigenvalue weighted by Crippen LogP contribution is 2.34. The number of ketones is 1. The zero-order valence-corrected chi connectivity index (χ0v) is 23.2. The van der Waals surface area contributed by atoms with E-state index in [1.165, 1.54) is 5.57 Å². The first-order valence-corrected chi connectivity index (χ1v) is 13.3. The molecule has 0 bridgehead atoms. The van der Waals surface area contributed by atoms with Gasteiger partial charge in [0, 0.05) is 23.1 Å². The maximum Gasteiger partial charge on any atom is 0.303 e. The Morgan fingerprint density at radius 1 is 1.18 bits per heavy atom. The first-order chi connectivity index (χ1) is 15.7. The number of aliphatic hydroxyl groups excluding tert-OH is 1. The summed E-state index contributed by atoms with van der Waals surface area (Å²) in [7, 11) is 0. The SMILES string of the molecule is C/C(=C/C[C@H](O)/C(C)=C/c1csc(C)n1)CCC[C@H](C)[C@H](C)[C@@H](C)C(=O)C(C)(C)CCC(=O)O. The number of rotatable bonds is 15. The number of carboxylic acid groups (broad SMARTS) is 1. The average molecular weight is 492 g/mol. The van der Waals surface area contributed by atoms with E-state index in [1.807, 2.05) is 46.1 Å². The van der Waals surface area contributed by atoms with Gasteiger partial charge in [-0.25, -0.2) is 4.98 Å². The minimum atomic E-state index is -0.855. The van der Waals surface area contributed by atoms with Gasteiger partial charge < -0.3 is 10.2 Å². The third kappa shape index (κ3) is 10.2. The van der Waals surface area contributed by atoms with Gasteiger partial charge in [-0.15, -0.1) is 11.3 Å². The molecular formula is C28H45NO4S. The highest BCUT2D eigenvalue weighted by molar-refractivity contribution is 7.09. The van der Waals surface area contributed by atoms with E-state index in [0.29, 0.717) is 18.8 Å². The molecule has 0 saturated heterocycles. The van der Waals surface area contributed by atoms with Crippen molar-refractivity contribution < 1.29 is 19.8 Å². The van der Waals surface area contributed by atoms with Crippen molar-refractivity contribution in [3.63, 3.8) is 0 Å². The zero-order chi connectivity index (χ0) is 26.1. The van der Waals surface area contributed by atoms with Gasteiger partial charge in [-0.1, -0.05) is 52.7 Å². The van der Waals surface area contributed by atoms with Crippen LogP contribution in [-0.4, -0.2) is 33.1 Å². The lowest BCUT2D eigenvalue weighted by molar-refractivity contribution is -0.139. The van der Waals surface area contributed by atoms with Gasteiger partial charge >= 0.3 is 5.97 Å². The van der Waals surface area contributed by atoms with Gasteiger partial charge in [-0.3, -0.25) is 9.59 Å². The lowest BCUT2D eigenvalue weighted by atomic mass is 9.71. The summed E-state index contributed by atoms with van der Waals surface area (Å²) in [6.45, 7) is 16.1. The number of carbonyl (C=O) groups is 2. The van der Waals surface area contributed by atoms with Gasteiger partial charge in [0.2, 0.25) is 0 Å². The Morgan fingerprint density at radius 3 is 2.38 bits per heavy atom. The number of hydrogen-bond acceptors (Lipinski definition) is 5. The highest BCUT2D eigenvalue weighted by Gasteiger charge is 2.35. The normalized spacial score (nSPS) is 16.7. The molecule has 34 heavy (non-hydrogen) atoms. The van der Waals surface area contributed by atoms with E-state index in [9.17, 15) is 14.7 Å². The van der Waals surface area contributed by atoms with Crippen LogP contribution in [0.1, 0.15) is 97.7 Å². The maximum absolute atomic E-state index is 13.0. The number of aliphatic hydroxyl groups is 1. The van der Waals surface area contributed by atoms with Crippen LogP contribution in [0.25, 0.3) is 6.08 Å². The number of hydrogen-bond donors (Lipinski definition) is 2. The van der Waals surface area contributed by atoms with E-state index in [2.05, 4.69) is 31.8 Å². The van der Waals surface area contributed by atoms with E-state index in [-0.39, 0.29) is 24.0 Å². The Bertz CT molecular complexity index is 868.